The molecule has 0 saturated carbocycles. The Morgan fingerprint density at radius 3 is 2.31 bits per heavy atom. The predicted octanol–water partition coefficient (Wildman–Crippen LogP) is -1.18. The number of hydrogen-bond acceptors (Lipinski definition) is 5. The summed E-state index contributed by atoms with van der Waals surface area (Å²) in [4.78, 5) is 24.4. The van der Waals surface area contributed by atoms with Crippen LogP contribution >= 0.6 is 0 Å². The number of rotatable bonds is 7. The Labute approximate surface area is 96.7 Å². The number of likely N-dealkylation sites (N-methyl/N-ethyl adjacent to an activating group) is 1. The molecule has 0 spiro atoms. The molecular weight excluding hydrogens is 208 g/mol. The number of hydrazine groups is 1. The molecule has 6 heteroatoms. The van der Waals surface area contributed by atoms with Crippen molar-refractivity contribution < 1.29 is 9.59 Å². The molecule has 0 radical (unpaired) electrons. The second-order valence-electron chi connectivity index (χ2n) is 4.10. The molecule has 0 bridgehead atoms. The molecule has 0 aromatic rings. The van der Waals surface area contributed by atoms with Gasteiger partial charge in [0, 0.05) is 13.1 Å². The molecular formula is C10H22N4O2. The van der Waals surface area contributed by atoms with Gasteiger partial charge in [0.25, 0.3) is 0 Å². The maximum Gasteiger partial charge on any atom is 0.250 e. The molecule has 0 rings (SSSR count). The van der Waals surface area contributed by atoms with E-state index in [0.717, 1.165) is 0 Å². The quantitative estimate of drug-likeness (QED) is 0.327. The lowest BCUT2D eigenvalue weighted by Crippen LogP contribution is -2.47. The normalized spacial score (nSPS) is 12.6. The summed E-state index contributed by atoms with van der Waals surface area (Å²) >= 11 is 0. The number of nitrogens with zero attached hydrogens (tertiary/aromatic N) is 2. The van der Waals surface area contributed by atoms with Crippen LogP contribution in [0.4, 0.5) is 0 Å². The summed E-state index contributed by atoms with van der Waals surface area (Å²) in [7, 11) is 3.82. The fourth-order valence-electron chi connectivity index (χ4n) is 0.918. The number of hydrogen-bond donors (Lipinski definition) is 2. The molecule has 0 aliphatic heterocycles. The Morgan fingerprint density at radius 1 is 1.31 bits per heavy atom. The molecule has 3 N–H and O–H groups in total. The molecule has 0 aliphatic rings. The van der Waals surface area contributed by atoms with Gasteiger partial charge >= 0.3 is 0 Å². The number of amides is 1. The summed E-state index contributed by atoms with van der Waals surface area (Å²) in [6, 6.07) is -0.314. The van der Waals surface area contributed by atoms with Gasteiger partial charge in [-0.3, -0.25) is 19.9 Å². The SMILES string of the molecule is CC(=O)[C@@H](C)NCC(=O)N(N)CCN(C)C. The van der Waals surface area contributed by atoms with E-state index in [9.17, 15) is 9.59 Å². The summed E-state index contributed by atoms with van der Waals surface area (Å²) in [5.41, 5.74) is 0. The van der Waals surface area contributed by atoms with Crippen LogP contribution in [0.15, 0.2) is 0 Å². The Balaban J connectivity index is 3.83. The number of carbonyl (C=O) groups excluding carboxylic acids is 2. The smallest absolute Gasteiger partial charge is 0.250 e. The Bertz CT molecular complexity index is 243. The molecule has 0 aromatic carbocycles. The lowest BCUT2D eigenvalue weighted by atomic mass is 10.2. The third kappa shape index (κ3) is 6.49. The monoisotopic (exact) mass is 230 g/mol. The maximum atomic E-state index is 11.5. The van der Waals surface area contributed by atoms with Crippen molar-refractivity contribution in [2.24, 2.45) is 5.84 Å². The largest absolute Gasteiger partial charge is 0.308 e. The first-order valence-electron chi connectivity index (χ1n) is 5.28. The Hall–Kier alpha value is -0.980. The number of nitrogens with one attached hydrogen (secondary N) is 1. The van der Waals surface area contributed by atoms with Crippen LogP contribution in [-0.4, -0.2) is 61.4 Å². The standard InChI is InChI=1S/C10H22N4O2/c1-8(9(2)15)12-7-10(16)14(11)6-5-13(3)4/h8,12H,5-7,11H2,1-4H3/t8-/m1/s1. The van der Waals surface area contributed by atoms with Gasteiger partial charge < -0.3 is 4.90 Å². The molecule has 0 aliphatic carbocycles. The van der Waals surface area contributed by atoms with Crippen LogP contribution in [0, 0.1) is 0 Å². The van der Waals surface area contributed by atoms with Gasteiger partial charge in [0.1, 0.15) is 5.78 Å². The van der Waals surface area contributed by atoms with E-state index in [-0.39, 0.29) is 24.3 Å². The van der Waals surface area contributed by atoms with E-state index in [4.69, 9.17) is 5.84 Å². The molecule has 0 saturated heterocycles. The van der Waals surface area contributed by atoms with E-state index in [1.807, 2.05) is 19.0 Å². The number of ketones is 1. The third-order valence-corrected chi connectivity index (χ3v) is 2.28. The van der Waals surface area contributed by atoms with Gasteiger partial charge in [-0.25, -0.2) is 5.84 Å². The minimum absolute atomic E-state index is 0.00432. The van der Waals surface area contributed by atoms with E-state index in [2.05, 4.69) is 5.32 Å². The highest BCUT2D eigenvalue weighted by Crippen LogP contribution is 1.86. The van der Waals surface area contributed by atoms with Gasteiger partial charge in [0.2, 0.25) is 5.91 Å². The van der Waals surface area contributed by atoms with Crippen LogP contribution in [0.2, 0.25) is 0 Å². The minimum atomic E-state index is -0.314. The van der Waals surface area contributed by atoms with Crippen molar-refractivity contribution in [3.05, 3.63) is 0 Å². The average Bonchev–Trinajstić information content (AvgIpc) is 2.21. The van der Waals surface area contributed by atoms with Crippen LogP contribution in [0.3, 0.4) is 0 Å². The molecule has 6 nitrogen and oxygen atoms in total. The second-order valence-corrected chi connectivity index (χ2v) is 4.10. The highest BCUT2D eigenvalue weighted by Gasteiger charge is 2.12. The zero-order valence-corrected chi connectivity index (χ0v) is 10.5. The van der Waals surface area contributed by atoms with Crippen molar-refractivity contribution in [3.8, 4) is 0 Å². The highest BCUT2D eigenvalue weighted by atomic mass is 16.2. The molecule has 1 amide bonds. The van der Waals surface area contributed by atoms with Gasteiger partial charge in [0.05, 0.1) is 12.6 Å². The van der Waals surface area contributed by atoms with Crippen LogP contribution in [0.1, 0.15) is 13.8 Å². The number of nitrogens with two attached hydrogens (primary N) is 1. The summed E-state index contributed by atoms with van der Waals surface area (Å²) in [5, 5.41) is 3.98. The van der Waals surface area contributed by atoms with Crippen molar-refractivity contribution in [2.75, 3.05) is 33.7 Å². The molecule has 1 atom stereocenters. The summed E-state index contributed by atoms with van der Waals surface area (Å²) in [6.45, 7) is 4.47. The van der Waals surface area contributed by atoms with Crippen LogP contribution in [0.25, 0.3) is 0 Å². The van der Waals surface area contributed by atoms with Crippen molar-refractivity contribution >= 4 is 11.7 Å². The average molecular weight is 230 g/mol. The minimum Gasteiger partial charge on any atom is -0.308 e. The van der Waals surface area contributed by atoms with Gasteiger partial charge in [-0.1, -0.05) is 0 Å². The maximum absolute atomic E-state index is 11.5. The van der Waals surface area contributed by atoms with E-state index >= 15 is 0 Å². The molecule has 0 heterocycles. The summed E-state index contributed by atoms with van der Waals surface area (Å²) < 4.78 is 0. The van der Waals surface area contributed by atoms with E-state index < -0.39 is 0 Å². The summed E-state index contributed by atoms with van der Waals surface area (Å²) in [6.07, 6.45) is 0. The van der Waals surface area contributed by atoms with Crippen LogP contribution in [-0.2, 0) is 9.59 Å². The summed E-state index contributed by atoms with van der Waals surface area (Å²) in [5.74, 6) is 5.35. The highest BCUT2D eigenvalue weighted by molar-refractivity contribution is 5.82. The van der Waals surface area contributed by atoms with Gasteiger partial charge in [-0.2, -0.15) is 0 Å². The van der Waals surface area contributed by atoms with Crippen molar-refractivity contribution in [3.63, 3.8) is 0 Å². The zero-order valence-electron chi connectivity index (χ0n) is 10.5. The first-order chi connectivity index (χ1) is 7.34. The van der Waals surface area contributed by atoms with Crippen LogP contribution in [0.5, 0.6) is 0 Å². The molecule has 0 fully saturated rings. The third-order valence-electron chi connectivity index (χ3n) is 2.28. The van der Waals surface area contributed by atoms with Gasteiger partial charge in [-0.15, -0.1) is 0 Å². The second kappa shape index (κ2) is 7.32. The molecule has 0 unspecified atom stereocenters. The van der Waals surface area contributed by atoms with E-state index in [1.54, 1.807) is 6.92 Å². The zero-order chi connectivity index (χ0) is 12.7. The topological polar surface area (TPSA) is 78.7 Å². The van der Waals surface area contributed by atoms with Crippen molar-refractivity contribution in [2.45, 2.75) is 19.9 Å². The predicted molar refractivity (Wildman–Crippen MR) is 62.6 cm³/mol. The van der Waals surface area contributed by atoms with Gasteiger partial charge in [-0.05, 0) is 27.9 Å². The molecule has 0 aromatic heterocycles. The van der Waals surface area contributed by atoms with E-state index in [1.165, 1.54) is 11.9 Å². The van der Waals surface area contributed by atoms with Gasteiger partial charge in [0.15, 0.2) is 0 Å². The number of Topliss-reactive ketones (excluding diaryl/α,β-unsaturated/α-hetero) is 1. The first-order valence-corrected chi connectivity index (χ1v) is 5.28. The Kier molecular flexibility index (Phi) is 6.87. The fourth-order valence-corrected chi connectivity index (χ4v) is 0.918. The molecule has 16 heavy (non-hydrogen) atoms. The number of carbonyl (C=O) groups is 2. The van der Waals surface area contributed by atoms with Crippen molar-refractivity contribution in [1.82, 2.24) is 15.2 Å². The lowest BCUT2D eigenvalue weighted by Gasteiger charge is -2.20. The van der Waals surface area contributed by atoms with E-state index in [0.29, 0.717) is 13.1 Å². The Morgan fingerprint density at radius 2 is 1.88 bits per heavy atom. The van der Waals surface area contributed by atoms with Crippen LogP contribution < -0.4 is 11.2 Å². The first kappa shape index (κ1) is 15.0. The van der Waals surface area contributed by atoms with Crippen molar-refractivity contribution in [1.29, 1.82) is 0 Å². The fraction of sp³-hybridized carbons (Fsp3) is 0.800. The lowest BCUT2D eigenvalue weighted by molar-refractivity contribution is -0.131. The molecule has 94 valence electrons.